The molecule has 0 atom stereocenters. The number of carboxylic acids is 1. The van der Waals surface area contributed by atoms with Crippen molar-refractivity contribution in [1.82, 2.24) is 4.57 Å². The van der Waals surface area contributed by atoms with Gasteiger partial charge in [-0.15, -0.1) is 0 Å². The highest BCUT2D eigenvalue weighted by Gasteiger charge is 2.30. The number of morpholine rings is 1. The van der Waals surface area contributed by atoms with Gasteiger partial charge in [-0.1, -0.05) is 25.3 Å². The van der Waals surface area contributed by atoms with Gasteiger partial charge >= 0.3 is 5.97 Å². The normalized spacial score (nSPS) is 17.0. The molecule has 0 spiro atoms. The fourth-order valence-electron chi connectivity index (χ4n) is 7.34. The second kappa shape index (κ2) is 12.8. The molecule has 0 bridgehead atoms. The van der Waals surface area contributed by atoms with E-state index in [1.165, 1.54) is 35.4 Å². The summed E-state index contributed by atoms with van der Waals surface area (Å²) in [5.74, 6) is 0.851. The predicted molar refractivity (Wildman–Crippen MR) is 183 cm³/mol. The zero-order chi connectivity index (χ0) is 32.7. The van der Waals surface area contributed by atoms with Crippen LogP contribution in [0.5, 0.6) is 11.5 Å². The van der Waals surface area contributed by atoms with Gasteiger partial charge < -0.3 is 28.8 Å². The second-order valence-corrected chi connectivity index (χ2v) is 14.7. The van der Waals surface area contributed by atoms with E-state index in [0.717, 1.165) is 65.1 Å². The minimum atomic E-state index is -3.43. The molecule has 1 aromatic heterocycles. The van der Waals surface area contributed by atoms with Crippen LogP contribution in [0.25, 0.3) is 22.2 Å². The molecule has 1 aliphatic carbocycles. The second-order valence-electron chi connectivity index (χ2n) is 12.7. The van der Waals surface area contributed by atoms with Gasteiger partial charge in [-0.3, -0.25) is 4.31 Å². The van der Waals surface area contributed by atoms with Crippen LogP contribution in [0.3, 0.4) is 0 Å². The summed E-state index contributed by atoms with van der Waals surface area (Å²) in [6.45, 7) is 4.03. The van der Waals surface area contributed by atoms with Crippen LogP contribution >= 0.6 is 0 Å². The summed E-state index contributed by atoms with van der Waals surface area (Å²) in [6, 6.07) is 17.1. The molecule has 1 saturated heterocycles. The van der Waals surface area contributed by atoms with Crippen molar-refractivity contribution in [3.05, 3.63) is 71.3 Å². The van der Waals surface area contributed by atoms with Gasteiger partial charge in [0.25, 0.3) is 0 Å². The van der Waals surface area contributed by atoms with Crippen molar-refractivity contribution in [2.75, 3.05) is 55.4 Å². The standard InChI is InChI=1S/C36H41N3O7S/c1-37(47(2,42)43)27-9-13-31(38-14-17-44-18-15-38)26(20-27)23-46-28-10-12-30-33(22-28)45-19-16-39-32-21-25(36(40)41)8-11-29(32)34(35(30)39)24-6-4-3-5-7-24/h8-13,20-22,24H,3-7,14-19,23H2,1-2H3,(H,40,41). The Morgan fingerprint density at radius 1 is 0.979 bits per heavy atom. The van der Waals surface area contributed by atoms with Gasteiger partial charge in [0, 0.05) is 53.9 Å². The van der Waals surface area contributed by atoms with Crippen LogP contribution in [0.1, 0.15) is 59.5 Å². The average Bonchev–Trinajstić information content (AvgIpc) is 3.28. The van der Waals surface area contributed by atoms with Gasteiger partial charge in [0.2, 0.25) is 10.0 Å². The Kier molecular flexibility index (Phi) is 8.52. The topological polar surface area (TPSA) is 111 Å². The number of carboxylic acid groups (broad SMARTS) is 1. The molecule has 0 amide bonds. The van der Waals surface area contributed by atoms with E-state index in [0.29, 0.717) is 43.7 Å². The molecule has 4 aromatic rings. The van der Waals surface area contributed by atoms with Gasteiger partial charge in [0.05, 0.1) is 43.0 Å². The molecule has 7 rings (SSSR count). The van der Waals surface area contributed by atoms with E-state index in [4.69, 9.17) is 14.2 Å². The van der Waals surface area contributed by atoms with Gasteiger partial charge in [-0.25, -0.2) is 13.2 Å². The van der Waals surface area contributed by atoms with Crippen LogP contribution < -0.4 is 18.7 Å². The molecule has 10 nitrogen and oxygen atoms in total. The van der Waals surface area contributed by atoms with E-state index in [2.05, 4.69) is 15.5 Å². The van der Waals surface area contributed by atoms with E-state index >= 15 is 0 Å². The van der Waals surface area contributed by atoms with Gasteiger partial charge in [0.1, 0.15) is 24.7 Å². The number of benzene rings is 3. The Balaban J connectivity index is 1.25. The lowest BCUT2D eigenvalue weighted by molar-refractivity contribution is 0.0697. The fourth-order valence-corrected chi connectivity index (χ4v) is 7.84. The van der Waals surface area contributed by atoms with Crippen molar-refractivity contribution in [3.8, 4) is 22.8 Å². The Morgan fingerprint density at radius 3 is 2.51 bits per heavy atom. The maximum Gasteiger partial charge on any atom is 0.335 e. The number of fused-ring (bicyclic) bond motifs is 5. The maximum absolute atomic E-state index is 12.3. The highest BCUT2D eigenvalue weighted by molar-refractivity contribution is 7.92. The van der Waals surface area contributed by atoms with Crippen LogP contribution in [0.2, 0.25) is 0 Å². The number of hydrogen-bond donors (Lipinski definition) is 1. The Bertz CT molecular complexity index is 1920. The molecule has 0 unspecified atom stereocenters. The van der Waals surface area contributed by atoms with Crippen LogP contribution in [-0.2, 0) is 27.9 Å². The first-order valence-electron chi connectivity index (χ1n) is 16.4. The zero-order valence-electron chi connectivity index (χ0n) is 26.9. The lowest BCUT2D eigenvalue weighted by atomic mass is 9.81. The summed E-state index contributed by atoms with van der Waals surface area (Å²) in [5.41, 5.74) is 7.05. The van der Waals surface area contributed by atoms with Crippen molar-refractivity contribution >= 4 is 38.3 Å². The number of aromatic carboxylic acids is 1. The van der Waals surface area contributed by atoms with Crippen LogP contribution in [0.15, 0.2) is 54.6 Å². The van der Waals surface area contributed by atoms with Crippen molar-refractivity contribution in [1.29, 1.82) is 0 Å². The number of anilines is 2. The van der Waals surface area contributed by atoms with Crippen LogP contribution in [-0.4, -0.2) is 70.3 Å². The molecule has 0 radical (unpaired) electrons. The number of rotatable bonds is 8. The summed E-state index contributed by atoms with van der Waals surface area (Å²) >= 11 is 0. The number of ether oxygens (including phenoxy) is 3. The summed E-state index contributed by atoms with van der Waals surface area (Å²) in [5, 5.41) is 10.9. The third-order valence-electron chi connectivity index (χ3n) is 9.82. The van der Waals surface area contributed by atoms with E-state index < -0.39 is 16.0 Å². The smallest absolute Gasteiger partial charge is 0.335 e. The third kappa shape index (κ3) is 6.14. The summed E-state index contributed by atoms with van der Waals surface area (Å²) in [6.07, 6.45) is 7.04. The zero-order valence-corrected chi connectivity index (χ0v) is 27.7. The Labute approximate surface area is 275 Å². The Morgan fingerprint density at radius 2 is 1.77 bits per heavy atom. The molecule has 11 heteroatoms. The average molecular weight is 660 g/mol. The molecule has 3 aromatic carbocycles. The van der Waals surface area contributed by atoms with Gasteiger partial charge in [0.15, 0.2) is 0 Å². The largest absolute Gasteiger partial charge is 0.491 e. The molecule has 47 heavy (non-hydrogen) atoms. The molecule has 1 saturated carbocycles. The molecule has 248 valence electrons. The van der Waals surface area contributed by atoms with Crippen LogP contribution in [0, 0.1) is 0 Å². The summed E-state index contributed by atoms with van der Waals surface area (Å²) < 4.78 is 46.5. The van der Waals surface area contributed by atoms with Crippen molar-refractivity contribution < 1.29 is 32.5 Å². The minimum absolute atomic E-state index is 0.239. The van der Waals surface area contributed by atoms with E-state index in [-0.39, 0.29) is 12.2 Å². The number of nitrogens with zero attached hydrogens (tertiary/aromatic N) is 3. The predicted octanol–water partition coefficient (Wildman–Crippen LogP) is 6.26. The molecule has 3 heterocycles. The van der Waals surface area contributed by atoms with Crippen molar-refractivity contribution in [2.24, 2.45) is 0 Å². The minimum Gasteiger partial charge on any atom is -0.491 e. The monoisotopic (exact) mass is 659 g/mol. The molecule has 2 aliphatic heterocycles. The Hall–Kier alpha value is -4.22. The molecular weight excluding hydrogens is 618 g/mol. The highest BCUT2D eigenvalue weighted by Crippen LogP contribution is 2.48. The van der Waals surface area contributed by atoms with E-state index in [1.807, 2.05) is 36.4 Å². The summed E-state index contributed by atoms with van der Waals surface area (Å²) in [7, 11) is -1.88. The quantitative estimate of drug-likeness (QED) is 0.236. The fraction of sp³-hybridized carbons (Fsp3) is 0.417. The first-order valence-corrected chi connectivity index (χ1v) is 18.2. The van der Waals surface area contributed by atoms with E-state index in [9.17, 15) is 18.3 Å². The molecule has 1 N–H and O–H groups in total. The highest BCUT2D eigenvalue weighted by atomic mass is 32.2. The summed E-state index contributed by atoms with van der Waals surface area (Å²) in [4.78, 5) is 14.2. The maximum atomic E-state index is 12.3. The number of hydrogen-bond acceptors (Lipinski definition) is 7. The van der Waals surface area contributed by atoms with Gasteiger partial charge in [-0.05, 0) is 66.8 Å². The molecular formula is C36H41N3O7S. The van der Waals surface area contributed by atoms with Crippen molar-refractivity contribution in [2.45, 2.75) is 51.2 Å². The number of carbonyl (C=O) groups is 1. The first kappa shape index (κ1) is 31.4. The van der Waals surface area contributed by atoms with E-state index in [1.54, 1.807) is 19.2 Å². The number of sulfonamides is 1. The molecule has 2 fully saturated rings. The molecule has 3 aliphatic rings. The lowest BCUT2D eigenvalue weighted by Gasteiger charge is -2.31. The first-order chi connectivity index (χ1) is 22.7. The van der Waals surface area contributed by atoms with Crippen molar-refractivity contribution in [3.63, 3.8) is 0 Å². The third-order valence-corrected chi connectivity index (χ3v) is 11.0. The van der Waals surface area contributed by atoms with Gasteiger partial charge in [-0.2, -0.15) is 0 Å². The van der Waals surface area contributed by atoms with Crippen LogP contribution in [0.4, 0.5) is 11.4 Å². The lowest BCUT2D eigenvalue weighted by Crippen LogP contribution is -2.37. The number of aromatic nitrogens is 1. The SMILES string of the molecule is CN(c1ccc(N2CCOCC2)c(COc2ccc3c(c2)OCCn2c-3c(C3CCCCC3)c3ccc(C(=O)O)cc32)c1)S(C)(=O)=O.